The lowest BCUT2D eigenvalue weighted by atomic mass is 10.1. The van der Waals surface area contributed by atoms with Gasteiger partial charge in [-0.15, -0.1) is 0 Å². The van der Waals surface area contributed by atoms with E-state index in [0.29, 0.717) is 0 Å². The quantitative estimate of drug-likeness (QED) is 0.263. The van der Waals surface area contributed by atoms with Crippen molar-refractivity contribution < 1.29 is 34.5 Å². The third kappa shape index (κ3) is 6.40. The van der Waals surface area contributed by atoms with Crippen LogP contribution in [0.5, 0.6) is 0 Å². The Hall–Kier alpha value is -4.20. The summed E-state index contributed by atoms with van der Waals surface area (Å²) in [6, 6.07) is -1.18. The van der Waals surface area contributed by atoms with E-state index in [2.05, 4.69) is 25.9 Å². The lowest BCUT2D eigenvalue weighted by Gasteiger charge is -2.16. The van der Waals surface area contributed by atoms with Gasteiger partial charge >= 0.3 is 18.0 Å². The normalized spacial score (nSPS) is 14.3. The number of halogens is 1. The molecule has 1 aliphatic rings. The van der Waals surface area contributed by atoms with Crippen LogP contribution in [0.3, 0.4) is 0 Å². The average Bonchev–Trinajstić information content (AvgIpc) is 2.67. The number of pyridine rings is 1. The first-order valence-corrected chi connectivity index (χ1v) is 9.18. The van der Waals surface area contributed by atoms with Gasteiger partial charge in [0.25, 0.3) is 5.91 Å². The van der Waals surface area contributed by atoms with Gasteiger partial charge in [-0.1, -0.05) is 11.6 Å². The fourth-order valence-corrected chi connectivity index (χ4v) is 2.72. The molecule has 15 heteroatoms. The molecule has 0 fully saturated rings. The molecule has 1 aliphatic heterocycles. The molecular formula is C17H18ClN7O7. The van der Waals surface area contributed by atoms with Crippen molar-refractivity contribution in [3.63, 3.8) is 0 Å². The monoisotopic (exact) mass is 467 g/mol. The number of amides is 3. The summed E-state index contributed by atoms with van der Waals surface area (Å²) in [5.41, 5.74) is 4.88. The molecule has 1 atom stereocenters. The fraction of sp³-hybridized carbons (Fsp3) is 0.235. The lowest BCUT2D eigenvalue weighted by Crippen LogP contribution is -2.41. The third-order valence-electron chi connectivity index (χ3n) is 3.93. The van der Waals surface area contributed by atoms with E-state index in [9.17, 15) is 24.3 Å². The Morgan fingerprint density at radius 2 is 1.94 bits per heavy atom. The summed E-state index contributed by atoms with van der Waals surface area (Å²) in [6.45, 7) is 0. The largest absolute Gasteiger partial charge is 0.510 e. The van der Waals surface area contributed by atoms with Crippen molar-refractivity contribution in [2.24, 2.45) is 10.7 Å². The number of rotatable bonds is 8. The summed E-state index contributed by atoms with van der Waals surface area (Å²) in [7, 11) is 0. The van der Waals surface area contributed by atoms with Crippen molar-refractivity contribution in [2.75, 3.05) is 5.32 Å². The number of aliphatic carboxylic acids is 2. The zero-order valence-corrected chi connectivity index (χ0v) is 16.9. The van der Waals surface area contributed by atoms with Gasteiger partial charge in [0.15, 0.2) is 5.84 Å². The number of hydrogen-bond acceptors (Lipinski definition) is 8. The number of aliphatic hydroxyl groups excluding tert-OH is 1. The van der Waals surface area contributed by atoms with Crippen LogP contribution in [0.2, 0.25) is 5.02 Å². The number of carbonyl (C=O) groups excluding carboxylic acids is 2. The average molecular weight is 468 g/mol. The molecule has 0 bridgehead atoms. The number of carbonyl (C=O) groups is 4. The van der Waals surface area contributed by atoms with Crippen molar-refractivity contribution >= 4 is 52.8 Å². The van der Waals surface area contributed by atoms with Crippen LogP contribution in [0.4, 0.5) is 10.5 Å². The molecule has 32 heavy (non-hydrogen) atoms. The van der Waals surface area contributed by atoms with Gasteiger partial charge in [-0.3, -0.25) is 15.0 Å². The first-order valence-electron chi connectivity index (χ1n) is 8.81. The number of aliphatic imine (C=N–C) groups is 1. The number of urea groups is 1. The molecule has 3 amide bonds. The van der Waals surface area contributed by atoms with Gasteiger partial charge < -0.3 is 37.0 Å². The maximum absolute atomic E-state index is 12.3. The number of nitrogens with two attached hydrogens (primary N) is 1. The number of carboxylic acid groups (broad SMARTS) is 2. The summed E-state index contributed by atoms with van der Waals surface area (Å²) in [6.07, 6.45) is 0.0991. The number of amidine groups is 2. The number of nitrogens with one attached hydrogen (secondary N) is 4. The molecule has 2 rings (SSSR count). The van der Waals surface area contributed by atoms with E-state index >= 15 is 0 Å². The Bertz CT molecular complexity index is 1050. The first-order chi connectivity index (χ1) is 15.0. The van der Waals surface area contributed by atoms with E-state index in [1.165, 1.54) is 0 Å². The highest BCUT2D eigenvalue weighted by atomic mass is 35.5. The zero-order chi connectivity index (χ0) is 24.0. The topological polar surface area (TPSA) is 240 Å². The number of aliphatic hydroxyl groups is 1. The van der Waals surface area contributed by atoms with Crippen molar-refractivity contribution in [1.82, 2.24) is 15.6 Å². The number of anilines is 1. The highest BCUT2D eigenvalue weighted by Gasteiger charge is 2.24. The second-order valence-electron chi connectivity index (χ2n) is 6.38. The van der Waals surface area contributed by atoms with Gasteiger partial charge in [-0.2, -0.15) is 0 Å². The molecule has 0 saturated heterocycles. The number of hydrogen-bond donors (Lipinski definition) is 8. The van der Waals surface area contributed by atoms with Crippen molar-refractivity contribution in [3.8, 4) is 0 Å². The lowest BCUT2D eigenvalue weighted by molar-refractivity contribution is -0.140. The summed E-state index contributed by atoms with van der Waals surface area (Å²) >= 11 is 6.00. The maximum Gasteiger partial charge on any atom is 0.326 e. The van der Waals surface area contributed by atoms with Crippen LogP contribution in [-0.4, -0.2) is 61.9 Å². The molecule has 9 N–H and O–H groups in total. The zero-order valence-electron chi connectivity index (χ0n) is 16.2. The van der Waals surface area contributed by atoms with Crippen LogP contribution in [0.1, 0.15) is 29.8 Å². The smallest absolute Gasteiger partial charge is 0.326 e. The van der Waals surface area contributed by atoms with E-state index < -0.39 is 42.2 Å². The Labute approximate surface area is 184 Å². The maximum atomic E-state index is 12.3. The van der Waals surface area contributed by atoms with Crippen LogP contribution in [0.15, 0.2) is 28.7 Å². The highest BCUT2D eigenvalue weighted by molar-refractivity contribution is 6.33. The molecule has 0 saturated carbocycles. The molecule has 1 aromatic rings. The van der Waals surface area contributed by atoms with Crippen LogP contribution in [0.25, 0.3) is 0 Å². The molecule has 0 radical (unpaired) electrons. The standard InChI is InChI=1S/C17H18ClN7O7/c18-7-3-6(22-17(32)25-13-9(26)4-10(19)24-14(13)20)5-21-12(7)15(29)23-8(16(30)31)1-2-11(27)28/h3,5,8,26H,1-2,4H2,(H,23,29)(H,27,28)(H,30,31)(H3,19,20,24)(H2,22,25,32)/t8-/m0/s1. The Morgan fingerprint density at radius 1 is 1.25 bits per heavy atom. The summed E-state index contributed by atoms with van der Waals surface area (Å²) in [4.78, 5) is 53.6. The summed E-state index contributed by atoms with van der Waals surface area (Å²) in [5.74, 6) is -4.39. The van der Waals surface area contributed by atoms with Gasteiger partial charge in [-0.05, 0) is 12.5 Å². The van der Waals surface area contributed by atoms with Gasteiger partial charge in [0, 0.05) is 6.42 Å². The predicted octanol–water partition coefficient (Wildman–Crippen LogP) is 0.412. The third-order valence-corrected chi connectivity index (χ3v) is 4.22. The minimum atomic E-state index is -1.47. The Balaban J connectivity index is 2.04. The molecule has 0 unspecified atom stereocenters. The molecule has 0 aliphatic carbocycles. The van der Waals surface area contributed by atoms with Gasteiger partial charge in [0.2, 0.25) is 0 Å². The molecule has 2 heterocycles. The number of aromatic nitrogens is 1. The van der Waals surface area contributed by atoms with E-state index in [0.717, 1.165) is 12.3 Å². The highest BCUT2D eigenvalue weighted by Crippen LogP contribution is 2.19. The molecule has 170 valence electrons. The van der Waals surface area contributed by atoms with Gasteiger partial charge in [0.05, 0.1) is 23.3 Å². The van der Waals surface area contributed by atoms with E-state index in [1.807, 2.05) is 0 Å². The molecule has 0 aromatic carbocycles. The number of nitrogens with zero attached hydrogens (tertiary/aromatic N) is 2. The van der Waals surface area contributed by atoms with Gasteiger partial charge in [0.1, 0.15) is 29.0 Å². The van der Waals surface area contributed by atoms with Crippen LogP contribution >= 0.6 is 11.6 Å². The Kier molecular flexibility index (Phi) is 7.68. The summed E-state index contributed by atoms with van der Waals surface area (Å²) in [5, 5.41) is 41.7. The SMILES string of the molecule is N=C1N=C(N)CC(O)=C1NC(=O)Nc1cnc(C(=O)N[C@@H](CCC(=O)O)C(=O)O)c(Cl)c1. The van der Waals surface area contributed by atoms with Crippen molar-refractivity contribution in [2.45, 2.75) is 25.3 Å². The molecule has 0 spiro atoms. The van der Waals surface area contributed by atoms with Crippen LogP contribution in [-0.2, 0) is 9.59 Å². The molecule has 14 nitrogen and oxygen atoms in total. The minimum absolute atomic E-state index is 0.0106. The molecular weight excluding hydrogens is 450 g/mol. The fourth-order valence-electron chi connectivity index (χ4n) is 2.47. The first kappa shape index (κ1) is 24.1. The molecule has 1 aromatic heterocycles. The Morgan fingerprint density at radius 3 is 2.50 bits per heavy atom. The summed E-state index contributed by atoms with van der Waals surface area (Å²) < 4.78 is 0. The van der Waals surface area contributed by atoms with Crippen molar-refractivity contribution in [1.29, 1.82) is 5.41 Å². The van der Waals surface area contributed by atoms with Crippen LogP contribution < -0.4 is 21.7 Å². The van der Waals surface area contributed by atoms with Crippen LogP contribution in [0, 0.1) is 5.41 Å². The second-order valence-corrected chi connectivity index (χ2v) is 6.79. The van der Waals surface area contributed by atoms with E-state index in [4.69, 9.17) is 33.0 Å². The number of dihydropyridines is 1. The second kappa shape index (κ2) is 10.2. The number of carboxylic acids is 2. The van der Waals surface area contributed by atoms with Gasteiger partial charge in [-0.25, -0.2) is 19.6 Å². The minimum Gasteiger partial charge on any atom is -0.510 e. The predicted molar refractivity (Wildman–Crippen MR) is 111 cm³/mol. The van der Waals surface area contributed by atoms with E-state index in [1.54, 1.807) is 0 Å². The van der Waals surface area contributed by atoms with Crippen molar-refractivity contribution in [3.05, 3.63) is 34.4 Å². The van der Waals surface area contributed by atoms with E-state index in [-0.39, 0.29) is 46.5 Å².